The predicted octanol–water partition coefficient (Wildman–Crippen LogP) is 5.66. The van der Waals surface area contributed by atoms with E-state index in [-0.39, 0.29) is 17.8 Å². The molecule has 1 fully saturated rings. The van der Waals surface area contributed by atoms with E-state index >= 15 is 0 Å². The number of rotatable bonds is 5. The minimum Gasteiger partial charge on any atom is -0.374 e. The average Bonchev–Trinajstić information content (AvgIpc) is 2.68. The van der Waals surface area contributed by atoms with Crippen molar-refractivity contribution in [3.05, 3.63) is 65.2 Å². The fraction of sp³-hybridized carbons (Fsp3) is 0.409. The van der Waals surface area contributed by atoms with Gasteiger partial charge in [0.25, 0.3) is 0 Å². The molecule has 0 aliphatic heterocycles. The van der Waals surface area contributed by atoms with Crippen molar-refractivity contribution in [1.29, 1.82) is 0 Å². The maximum Gasteiger partial charge on any atom is 0.416 e. The van der Waals surface area contributed by atoms with E-state index in [0.717, 1.165) is 43.4 Å². The standard InChI is InChI=1S/C22H25F3N2O2/c1-15-5-7-16(8-6-15)14-29-20-11-9-18(10-12-20)26-21(28)27-19-4-2-3-17(13-19)22(23,24)25/h2-8,13,18,20H,9-12,14H2,1H3,(H2,26,27,28). The number of aryl methyl sites for hydroxylation is 1. The first-order chi connectivity index (χ1) is 13.8. The molecule has 0 unspecified atom stereocenters. The third-order valence-corrected chi connectivity index (χ3v) is 5.06. The lowest BCUT2D eigenvalue weighted by Crippen LogP contribution is -2.41. The van der Waals surface area contributed by atoms with Crippen LogP contribution in [0.3, 0.4) is 0 Å². The second-order valence-corrected chi connectivity index (χ2v) is 7.45. The number of carbonyl (C=O) groups excluding carboxylic acids is 1. The first-order valence-corrected chi connectivity index (χ1v) is 9.71. The second kappa shape index (κ2) is 9.31. The van der Waals surface area contributed by atoms with E-state index in [9.17, 15) is 18.0 Å². The van der Waals surface area contributed by atoms with Gasteiger partial charge in [-0.05, 0) is 56.4 Å². The van der Waals surface area contributed by atoms with Crippen LogP contribution in [0.15, 0.2) is 48.5 Å². The van der Waals surface area contributed by atoms with Gasteiger partial charge in [0.05, 0.1) is 18.3 Å². The van der Waals surface area contributed by atoms with E-state index in [0.29, 0.717) is 6.61 Å². The SMILES string of the molecule is Cc1ccc(COC2CCC(NC(=O)Nc3cccc(C(F)(F)F)c3)CC2)cc1. The van der Waals surface area contributed by atoms with E-state index in [1.165, 1.54) is 17.7 Å². The van der Waals surface area contributed by atoms with Crippen LogP contribution in [0.1, 0.15) is 42.4 Å². The molecule has 2 aromatic carbocycles. The molecule has 7 heteroatoms. The Bertz CT molecular complexity index is 814. The normalized spacial score (nSPS) is 19.6. The molecule has 1 saturated carbocycles. The van der Waals surface area contributed by atoms with Crippen molar-refractivity contribution in [2.24, 2.45) is 0 Å². The fourth-order valence-electron chi connectivity index (χ4n) is 3.40. The number of urea groups is 1. The average molecular weight is 406 g/mol. The number of hydrogen-bond donors (Lipinski definition) is 2. The van der Waals surface area contributed by atoms with Crippen LogP contribution in [0.4, 0.5) is 23.7 Å². The molecule has 2 amide bonds. The molecule has 0 radical (unpaired) electrons. The van der Waals surface area contributed by atoms with Gasteiger partial charge in [-0.2, -0.15) is 13.2 Å². The summed E-state index contributed by atoms with van der Waals surface area (Å²) in [5.41, 5.74) is 1.68. The maximum atomic E-state index is 12.8. The molecular weight excluding hydrogens is 381 g/mol. The predicted molar refractivity (Wildman–Crippen MR) is 106 cm³/mol. The highest BCUT2D eigenvalue weighted by Crippen LogP contribution is 2.30. The van der Waals surface area contributed by atoms with Gasteiger partial charge in [0, 0.05) is 11.7 Å². The van der Waals surface area contributed by atoms with E-state index in [1.807, 2.05) is 6.92 Å². The molecule has 0 aromatic heterocycles. The molecule has 0 bridgehead atoms. The van der Waals surface area contributed by atoms with Gasteiger partial charge in [-0.15, -0.1) is 0 Å². The van der Waals surface area contributed by atoms with Gasteiger partial charge >= 0.3 is 12.2 Å². The van der Waals surface area contributed by atoms with Gasteiger partial charge in [-0.25, -0.2) is 4.79 Å². The minimum atomic E-state index is -4.44. The van der Waals surface area contributed by atoms with Crippen LogP contribution < -0.4 is 10.6 Å². The number of anilines is 1. The number of halogens is 3. The maximum absolute atomic E-state index is 12.8. The highest BCUT2D eigenvalue weighted by atomic mass is 19.4. The highest BCUT2D eigenvalue weighted by molar-refractivity contribution is 5.89. The summed E-state index contributed by atoms with van der Waals surface area (Å²) in [6.07, 6.45) is -1.07. The highest BCUT2D eigenvalue weighted by Gasteiger charge is 2.30. The lowest BCUT2D eigenvalue weighted by atomic mass is 9.93. The molecular formula is C22H25F3N2O2. The number of nitrogens with one attached hydrogen (secondary N) is 2. The summed E-state index contributed by atoms with van der Waals surface area (Å²) < 4.78 is 44.3. The van der Waals surface area contributed by atoms with Crippen LogP contribution in [0.2, 0.25) is 0 Å². The Hall–Kier alpha value is -2.54. The molecule has 0 spiro atoms. The number of alkyl halides is 3. The van der Waals surface area contributed by atoms with Gasteiger partial charge in [-0.3, -0.25) is 0 Å². The smallest absolute Gasteiger partial charge is 0.374 e. The lowest BCUT2D eigenvalue weighted by molar-refractivity contribution is -0.137. The van der Waals surface area contributed by atoms with Crippen molar-refractivity contribution in [1.82, 2.24) is 5.32 Å². The quantitative estimate of drug-likeness (QED) is 0.673. The largest absolute Gasteiger partial charge is 0.416 e. The third-order valence-electron chi connectivity index (χ3n) is 5.06. The van der Waals surface area contributed by atoms with Gasteiger partial charge in [0.2, 0.25) is 0 Å². The number of carbonyl (C=O) groups is 1. The molecule has 1 aliphatic carbocycles. The molecule has 156 valence electrons. The summed E-state index contributed by atoms with van der Waals surface area (Å²) in [5.74, 6) is 0. The Morgan fingerprint density at radius 2 is 1.76 bits per heavy atom. The Balaban J connectivity index is 1.41. The van der Waals surface area contributed by atoms with E-state index in [4.69, 9.17) is 4.74 Å². The zero-order valence-electron chi connectivity index (χ0n) is 16.3. The molecule has 0 atom stereocenters. The zero-order chi connectivity index (χ0) is 20.9. The van der Waals surface area contributed by atoms with Gasteiger partial charge < -0.3 is 15.4 Å². The molecule has 2 aromatic rings. The van der Waals surface area contributed by atoms with Crippen molar-refractivity contribution in [3.8, 4) is 0 Å². The molecule has 0 heterocycles. The molecule has 3 rings (SSSR count). The third kappa shape index (κ3) is 6.49. The minimum absolute atomic E-state index is 0.0139. The fourth-order valence-corrected chi connectivity index (χ4v) is 3.40. The second-order valence-electron chi connectivity index (χ2n) is 7.45. The van der Waals surface area contributed by atoms with Crippen molar-refractivity contribution >= 4 is 11.7 Å². The Morgan fingerprint density at radius 1 is 1.07 bits per heavy atom. The summed E-state index contributed by atoms with van der Waals surface area (Å²) in [6.45, 7) is 2.61. The summed E-state index contributed by atoms with van der Waals surface area (Å²) in [5, 5.41) is 5.32. The van der Waals surface area contributed by atoms with Crippen molar-refractivity contribution in [2.45, 2.75) is 57.5 Å². The Labute approximate surface area is 168 Å². The van der Waals surface area contributed by atoms with Crippen LogP contribution in [0, 0.1) is 6.92 Å². The van der Waals surface area contributed by atoms with Crippen molar-refractivity contribution in [2.75, 3.05) is 5.32 Å². The summed E-state index contributed by atoms with van der Waals surface area (Å²) in [4.78, 5) is 12.1. The monoisotopic (exact) mass is 406 g/mol. The van der Waals surface area contributed by atoms with Crippen molar-refractivity contribution < 1.29 is 22.7 Å². The Morgan fingerprint density at radius 3 is 2.41 bits per heavy atom. The topological polar surface area (TPSA) is 50.4 Å². The van der Waals surface area contributed by atoms with E-state index in [1.54, 1.807) is 0 Å². The zero-order valence-corrected chi connectivity index (χ0v) is 16.3. The van der Waals surface area contributed by atoms with Crippen LogP contribution in [-0.2, 0) is 17.5 Å². The first kappa shape index (κ1) is 21.2. The van der Waals surface area contributed by atoms with Crippen LogP contribution in [0.5, 0.6) is 0 Å². The van der Waals surface area contributed by atoms with Crippen LogP contribution in [0.25, 0.3) is 0 Å². The van der Waals surface area contributed by atoms with E-state index < -0.39 is 17.8 Å². The summed E-state index contributed by atoms with van der Waals surface area (Å²) >= 11 is 0. The van der Waals surface area contributed by atoms with Gasteiger partial charge in [-0.1, -0.05) is 35.9 Å². The van der Waals surface area contributed by atoms with Crippen molar-refractivity contribution in [3.63, 3.8) is 0 Å². The summed E-state index contributed by atoms with van der Waals surface area (Å²) in [6, 6.07) is 12.3. The summed E-state index contributed by atoms with van der Waals surface area (Å²) in [7, 11) is 0. The molecule has 1 aliphatic rings. The molecule has 4 nitrogen and oxygen atoms in total. The van der Waals surface area contributed by atoms with E-state index in [2.05, 4.69) is 34.9 Å². The van der Waals surface area contributed by atoms with Crippen LogP contribution in [-0.4, -0.2) is 18.2 Å². The Kier molecular flexibility index (Phi) is 6.79. The van der Waals surface area contributed by atoms with Crippen LogP contribution >= 0.6 is 0 Å². The number of amides is 2. The number of hydrogen-bond acceptors (Lipinski definition) is 2. The molecule has 2 N–H and O–H groups in total. The molecule has 29 heavy (non-hydrogen) atoms. The first-order valence-electron chi connectivity index (χ1n) is 9.71. The van der Waals surface area contributed by atoms with Gasteiger partial charge in [0.15, 0.2) is 0 Å². The lowest BCUT2D eigenvalue weighted by Gasteiger charge is -2.29. The number of benzene rings is 2. The van der Waals surface area contributed by atoms with Gasteiger partial charge in [0.1, 0.15) is 0 Å². The number of ether oxygens (including phenoxy) is 1. The molecule has 0 saturated heterocycles.